The number of Topliss-reactive ketones (excluding diaryl/α,β-unsaturated/α-hetero) is 1. The van der Waals surface area contributed by atoms with Gasteiger partial charge in [0.2, 0.25) is 0 Å². The molecule has 0 amide bonds. The van der Waals surface area contributed by atoms with Crippen molar-refractivity contribution < 1.29 is 44.3 Å². The number of rotatable bonds is 0. The van der Waals surface area contributed by atoms with Crippen molar-refractivity contribution in [2.75, 3.05) is 6.54 Å². The first-order valence-corrected chi connectivity index (χ1v) is 7.34. The second kappa shape index (κ2) is 5.80. The Bertz CT molecular complexity index is 796. The van der Waals surface area contributed by atoms with Crippen LogP contribution in [0.3, 0.4) is 0 Å². The number of hydrogen-bond acceptors (Lipinski definition) is 3. The Hall–Kier alpha value is -2.40. The fourth-order valence-electron chi connectivity index (χ4n) is 3.24. The third-order valence-electron chi connectivity index (χ3n) is 4.22. The highest BCUT2D eigenvalue weighted by Crippen LogP contribution is 2.50. The van der Waals surface area contributed by atoms with Crippen molar-refractivity contribution in [2.24, 2.45) is 5.92 Å². The number of nitrogens with zero attached hydrogens (tertiary/aromatic N) is 2. The summed E-state index contributed by atoms with van der Waals surface area (Å²) in [7, 11) is 0. The lowest BCUT2D eigenvalue weighted by atomic mass is 9.80. The zero-order valence-corrected chi connectivity index (χ0v) is 13.0. The predicted octanol–water partition coefficient (Wildman–Crippen LogP) is 4.39. The van der Waals surface area contributed by atoms with Crippen LogP contribution in [0.5, 0.6) is 0 Å². The Balaban J connectivity index is 2.25. The lowest BCUT2D eigenvalue weighted by Gasteiger charge is -2.43. The lowest BCUT2D eigenvalue weighted by Crippen LogP contribution is -2.50. The number of halogens is 9. The second-order valence-electron chi connectivity index (χ2n) is 5.96. The smallest absolute Gasteiger partial charge is 0.297 e. The standard InChI is InChI=1S/C15H9F9N2O/c16-13(17,18)10-5-11-8(2-1-3-25(11)14(19,20)21)9-4-7(27)6-26(12(9)10)15(22,23)24/h1-3,5,10H,4,6H2. The highest BCUT2D eigenvalue weighted by molar-refractivity contribution is 5.87. The molecule has 1 aliphatic carbocycles. The maximum Gasteiger partial charge on any atom is 0.488 e. The van der Waals surface area contributed by atoms with Crippen molar-refractivity contribution in [2.45, 2.75) is 25.2 Å². The molecule has 148 valence electrons. The third-order valence-corrected chi connectivity index (χ3v) is 4.22. The molecule has 2 heterocycles. The molecule has 1 atom stereocenters. The summed E-state index contributed by atoms with van der Waals surface area (Å²) in [5.74, 6) is -3.99. The summed E-state index contributed by atoms with van der Waals surface area (Å²) in [5, 5.41) is 0. The van der Waals surface area contributed by atoms with Gasteiger partial charge in [-0.2, -0.15) is 26.3 Å². The van der Waals surface area contributed by atoms with Gasteiger partial charge in [0.15, 0.2) is 5.78 Å². The van der Waals surface area contributed by atoms with E-state index in [-0.39, 0.29) is 6.08 Å². The van der Waals surface area contributed by atoms with E-state index < -0.39 is 75.8 Å². The van der Waals surface area contributed by atoms with Crippen LogP contribution >= 0.6 is 0 Å². The maximum atomic E-state index is 13.5. The molecule has 0 bridgehead atoms. The van der Waals surface area contributed by atoms with Gasteiger partial charge in [0.25, 0.3) is 0 Å². The topological polar surface area (TPSA) is 23.6 Å². The van der Waals surface area contributed by atoms with E-state index in [1.807, 2.05) is 0 Å². The molecule has 0 aromatic carbocycles. The fraction of sp³-hybridized carbons (Fsp3) is 0.400. The first kappa shape index (κ1) is 19.4. The van der Waals surface area contributed by atoms with Crippen LogP contribution in [-0.4, -0.2) is 40.9 Å². The Labute approximate surface area is 145 Å². The molecule has 0 spiro atoms. The van der Waals surface area contributed by atoms with Gasteiger partial charge in [-0.3, -0.25) is 14.6 Å². The minimum Gasteiger partial charge on any atom is -0.297 e. The molecular weight excluding hydrogens is 395 g/mol. The molecule has 27 heavy (non-hydrogen) atoms. The van der Waals surface area contributed by atoms with Crippen LogP contribution in [0, 0.1) is 5.92 Å². The van der Waals surface area contributed by atoms with E-state index in [0.717, 1.165) is 12.2 Å². The molecule has 0 saturated carbocycles. The summed E-state index contributed by atoms with van der Waals surface area (Å²) in [4.78, 5) is 10.7. The highest BCUT2D eigenvalue weighted by atomic mass is 19.4. The Kier molecular flexibility index (Phi) is 4.16. The maximum absolute atomic E-state index is 13.5. The van der Waals surface area contributed by atoms with Crippen LogP contribution in [0.1, 0.15) is 6.42 Å². The van der Waals surface area contributed by atoms with Crippen LogP contribution in [0.15, 0.2) is 47.0 Å². The lowest BCUT2D eigenvalue weighted by molar-refractivity contribution is -0.244. The van der Waals surface area contributed by atoms with Crippen LogP contribution < -0.4 is 0 Å². The molecule has 3 aliphatic rings. The molecule has 0 saturated heterocycles. The number of allylic oxidation sites excluding steroid dienone is 4. The number of alkyl halides is 9. The minimum absolute atomic E-state index is 0.107. The van der Waals surface area contributed by atoms with Crippen molar-refractivity contribution in [1.82, 2.24) is 9.80 Å². The monoisotopic (exact) mass is 404 g/mol. The second-order valence-corrected chi connectivity index (χ2v) is 5.96. The average molecular weight is 404 g/mol. The molecule has 0 fully saturated rings. The average Bonchev–Trinajstić information content (AvgIpc) is 2.49. The largest absolute Gasteiger partial charge is 0.488 e. The quantitative estimate of drug-likeness (QED) is 0.442. The predicted molar refractivity (Wildman–Crippen MR) is 72.2 cm³/mol. The summed E-state index contributed by atoms with van der Waals surface area (Å²) in [5.41, 5.74) is -3.42. The van der Waals surface area contributed by atoms with Gasteiger partial charge in [-0.05, 0) is 17.7 Å². The number of hydrogen-bond donors (Lipinski definition) is 0. The summed E-state index contributed by atoms with van der Waals surface area (Å²) in [6.07, 6.45) is -14.1. The van der Waals surface area contributed by atoms with Crippen LogP contribution in [-0.2, 0) is 4.79 Å². The van der Waals surface area contributed by atoms with Crippen LogP contribution in [0.2, 0.25) is 0 Å². The van der Waals surface area contributed by atoms with Crippen LogP contribution in [0.4, 0.5) is 39.5 Å². The van der Waals surface area contributed by atoms with Gasteiger partial charge in [-0.15, -0.1) is 13.2 Å². The van der Waals surface area contributed by atoms with Crippen molar-refractivity contribution in [3.8, 4) is 0 Å². The van der Waals surface area contributed by atoms with E-state index in [4.69, 9.17) is 0 Å². The van der Waals surface area contributed by atoms with Crippen molar-refractivity contribution in [1.29, 1.82) is 0 Å². The zero-order chi connectivity index (χ0) is 20.4. The van der Waals surface area contributed by atoms with E-state index >= 15 is 0 Å². The summed E-state index contributed by atoms with van der Waals surface area (Å²) >= 11 is 0. The van der Waals surface area contributed by atoms with Gasteiger partial charge in [-0.25, -0.2) is 0 Å². The Morgan fingerprint density at radius 1 is 0.963 bits per heavy atom. The van der Waals surface area contributed by atoms with E-state index in [2.05, 4.69) is 0 Å². The number of carbonyl (C=O) groups excluding carboxylic acids is 1. The highest BCUT2D eigenvalue weighted by Gasteiger charge is 2.55. The van der Waals surface area contributed by atoms with Gasteiger partial charge in [0.05, 0.1) is 12.2 Å². The normalized spacial score (nSPS) is 23.9. The molecular formula is C15H9F9N2O. The summed E-state index contributed by atoms with van der Waals surface area (Å²) in [6, 6.07) is 0. The van der Waals surface area contributed by atoms with Gasteiger partial charge >= 0.3 is 18.8 Å². The number of fused-ring (bicyclic) bond motifs is 2. The van der Waals surface area contributed by atoms with Crippen molar-refractivity contribution in [3.05, 3.63) is 47.0 Å². The van der Waals surface area contributed by atoms with Crippen LogP contribution in [0.25, 0.3) is 0 Å². The van der Waals surface area contributed by atoms with E-state index in [9.17, 15) is 44.3 Å². The molecule has 3 rings (SSSR count). The molecule has 1 unspecified atom stereocenters. The van der Waals surface area contributed by atoms with E-state index in [0.29, 0.717) is 6.20 Å². The molecule has 0 N–H and O–H groups in total. The van der Waals surface area contributed by atoms with E-state index in [1.165, 1.54) is 0 Å². The Morgan fingerprint density at radius 3 is 2.11 bits per heavy atom. The molecule has 0 radical (unpaired) electrons. The number of ketones is 1. The first-order valence-electron chi connectivity index (χ1n) is 7.34. The first-order chi connectivity index (χ1) is 12.2. The molecule has 3 nitrogen and oxygen atoms in total. The number of carbonyl (C=O) groups is 1. The van der Waals surface area contributed by atoms with Gasteiger partial charge in [-0.1, -0.05) is 6.08 Å². The molecule has 12 heteroatoms. The van der Waals surface area contributed by atoms with Crippen molar-refractivity contribution in [3.63, 3.8) is 0 Å². The van der Waals surface area contributed by atoms with Gasteiger partial charge in [0, 0.05) is 23.9 Å². The summed E-state index contributed by atoms with van der Waals surface area (Å²) < 4.78 is 120. The fourth-order valence-corrected chi connectivity index (χ4v) is 3.24. The molecule has 2 aliphatic heterocycles. The Morgan fingerprint density at radius 2 is 1.59 bits per heavy atom. The molecule has 0 aromatic heterocycles. The van der Waals surface area contributed by atoms with Gasteiger partial charge < -0.3 is 0 Å². The van der Waals surface area contributed by atoms with E-state index in [1.54, 1.807) is 0 Å². The third kappa shape index (κ3) is 3.32. The van der Waals surface area contributed by atoms with Gasteiger partial charge in [0.1, 0.15) is 5.92 Å². The molecule has 0 aromatic rings. The SMILES string of the molecule is O=C1CC2=C(C(C(F)(F)F)C=C3C2=CC=CN3C(F)(F)F)N(C(F)(F)F)C1. The van der Waals surface area contributed by atoms with Crippen molar-refractivity contribution >= 4 is 5.78 Å². The summed E-state index contributed by atoms with van der Waals surface area (Å²) in [6.45, 7) is -1.33. The zero-order valence-electron chi connectivity index (χ0n) is 13.0. The minimum atomic E-state index is -5.31.